The molecule has 2 rings (SSSR count). The highest BCUT2D eigenvalue weighted by Crippen LogP contribution is 2.27. The molecule has 1 aromatic carbocycles. The highest BCUT2D eigenvalue weighted by Gasteiger charge is 2.12. The highest BCUT2D eigenvalue weighted by atomic mass is 79.9. The maximum atomic E-state index is 6.17. The first-order chi connectivity index (χ1) is 8.54. The summed E-state index contributed by atoms with van der Waals surface area (Å²) in [5.41, 5.74) is 4.03. The van der Waals surface area contributed by atoms with Crippen molar-refractivity contribution in [2.75, 3.05) is 7.05 Å². The predicted octanol–water partition coefficient (Wildman–Crippen LogP) is 3.62. The Morgan fingerprint density at radius 3 is 2.61 bits per heavy atom. The van der Waals surface area contributed by atoms with Gasteiger partial charge in [0.1, 0.15) is 0 Å². The molecule has 1 aromatic heterocycles. The quantitative estimate of drug-likeness (QED) is 0.932. The lowest BCUT2D eigenvalue weighted by atomic mass is 10.2. The van der Waals surface area contributed by atoms with Crippen LogP contribution < -0.4 is 5.32 Å². The van der Waals surface area contributed by atoms with Crippen molar-refractivity contribution in [3.8, 4) is 5.69 Å². The minimum absolute atomic E-state index is 0.723. The van der Waals surface area contributed by atoms with E-state index in [1.165, 1.54) is 5.56 Å². The van der Waals surface area contributed by atoms with Crippen molar-refractivity contribution in [2.45, 2.75) is 20.4 Å². The second-order valence-corrected chi connectivity index (χ2v) is 5.45. The van der Waals surface area contributed by atoms with Gasteiger partial charge in [0, 0.05) is 11.0 Å². The monoisotopic (exact) mass is 327 g/mol. The van der Waals surface area contributed by atoms with Gasteiger partial charge >= 0.3 is 0 Å². The Labute approximate surface area is 120 Å². The third-order valence-electron chi connectivity index (χ3n) is 2.82. The first kappa shape index (κ1) is 13.6. The van der Waals surface area contributed by atoms with Crippen LogP contribution in [-0.2, 0) is 6.54 Å². The lowest BCUT2D eigenvalue weighted by molar-refractivity contribution is 0.807. The number of hydrogen-bond donors (Lipinski definition) is 1. The standard InChI is InChI=1S/C13H15BrClN3/c1-8-13(15)9(2)18(17-8)12-5-4-10(7-16-3)6-11(12)14/h4-6,16H,7H2,1-3H3. The molecule has 0 amide bonds. The van der Waals surface area contributed by atoms with Crippen molar-refractivity contribution >= 4 is 27.5 Å². The van der Waals surface area contributed by atoms with E-state index in [0.29, 0.717) is 0 Å². The number of benzene rings is 1. The molecule has 0 fully saturated rings. The molecular formula is C13H15BrClN3. The van der Waals surface area contributed by atoms with Crippen LogP contribution in [-0.4, -0.2) is 16.8 Å². The molecule has 0 radical (unpaired) electrons. The van der Waals surface area contributed by atoms with Crippen molar-refractivity contribution in [3.05, 3.63) is 44.6 Å². The summed E-state index contributed by atoms with van der Waals surface area (Å²) in [6.07, 6.45) is 0. The number of rotatable bonds is 3. The number of halogens is 2. The van der Waals surface area contributed by atoms with Gasteiger partial charge in [-0.25, -0.2) is 4.68 Å². The van der Waals surface area contributed by atoms with E-state index in [1.54, 1.807) is 0 Å². The van der Waals surface area contributed by atoms with Gasteiger partial charge in [-0.3, -0.25) is 0 Å². The molecule has 1 heterocycles. The highest BCUT2D eigenvalue weighted by molar-refractivity contribution is 9.10. The first-order valence-electron chi connectivity index (χ1n) is 5.69. The van der Waals surface area contributed by atoms with Crippen molar-refractivity contribution < 1.29 is 0 Å². The van der Waals surface area contributed by atoms with Crippen LogP contribution in [0.15, 0.2) is 22.7 Å². The van der Waals surface area contributed by atoms with Crippen molar-refractivity contribution in [1.29, 1.82) is 0 Å². The second kappa shape index (κ2) is 5.43. The molecule has 1 N–H and O–H groups in total. The fourth-order valence-electron chi connectivity index (χ4n) is 1.89. The zero-order valence-electron chi connectivity index (χ0n) is 10.6. The predicted molar refractivity (Wildman–Crippen MR) is 78.5 cm³/mol. The molecule has 2 aromatic rings. The molecule has 3 nitrogen and oxygen atoms in total. The molecule has 0 saturated carbocycles. The second-order valence-electron chi connectivity index (χ2n) is 4.21. The number of nitrogens with one attached hydrogen (secondary N) is 1. The zero-order chi connectivity index (χ0) is 13.3. The topological polar surface area (TPSA) is 29.9 Å². The molecule has 0 spiro atoms. The van der Waals surface area contributed by atoms with Gasteiger partial charge in [0.05, 0.1) is 22.1 Å². The van der Waals surface area contributed by atoms with Crippen LogP contribution in [0.4, 0.5) is 0 Å². The lowest BCUT2D eigenvalue weighted by Crippen LogP contribution is -2.06. The SMILES string of the molecule is CNCc1ccc(-n2nc(C)c(Cl)c2C)c(Br)c1. The largest absolute Gasteiger partial charge is 0.316 e. The fraction of sp³-hybridized carbons (Fsp3) is 0.308. The van der Waals surface area contributed by atoms with Crippen LogP contribution in [0.5, 0.6) is 0 Å². The van der Waals surface area contributed by atoms with Gasteiger partial charge in [0.25, 0.3) is 0 Å². The Hall–Kier alpha value is -0.840. The van der Waals surface area contributed by atoms with E-state index in [9.17, 15) is 0 Å². The van der Waals surface area contributed by atoms with Gasteiger partial charge < -0.3 is 5.32 Å². The van der Waals surface area contributed by atoms with E-state index in [1.807, 2.05) is 31.6 Å². The van der Waals surface area contributed by atoms with Crippen LogP contribution >= 0.6 is 27.5 Å². The molecule has 5 heteroatoms. The summed E-state index contributed by atoms with van der Waals surface area (Å²) in [4.78, 5) is 0. The maximum Gasteiger partial charge on any atom is 0.0848 e. The molecule has 0 unspecified atom stereocenters. The smallest absolute Gasteiger partial charge is 0.0848 e. The minimum Gasteiger partial charge on any atom is -0.316 e. The Morgan fingerprint density at radius 1 is 1.39 bits per heavy atom. The fourth-order valence-corrected chi connectivity index (χ4v) is 2.61. The van der Waals surface area contributed by atoms with Crippen LogP contribution in [0.1, 0.15) is 17.0 Å². The molecule has 18 heavy (non-hydrogen) atoms. The first-order valence-corrected chi connectivity index (χ1v) is 6.86. The summed E-state index contributed by atoms with van der Waals surface area (Å²) >= 11 is 9.76. The van der Waals surface area contributed by atoms with E-state index in [0.717, 1.165) is 33.1 Å². The third kappa shape index (κ3) is 2.46. The Bertz CT molecular complexity index is 578. The van der Waals surface area contributed by atoms with Crippen LogP contribution in [0.2, 0.25) is 5.02 Å². The Morgan fingerprint density at radius 2 is 2.11 bits per heavy atom. The van der Waals surface area contributed by atoms with Crippen LogP contribution in [0.3, 0.4) is 0 Å². The Kier molecular flexibility index (Phi) is 4.10. The summed E-state index contributed by atoms with van der Waals surface area (Å²) < 4.78 is 2.88. The molecule has 0 bridgehead atoms. The van der Waals surface area contributed by atoms with Crippen LogP contribution in [0.25, 0.3) is 5.69 Å². The van der Waals surface area contributed by atoms with Crippen molar-refractivity contribution in [1.82, 2.24) is 15.1 Å². The molecule has 96 valence electrons. The normalized spacial score (nSPS) is 10.9. The van der Waals surface area contributed by atoms with Gasteiger partial charge in [-0.1, -0.05) is 17.7 Å². The number of hydrogen-bond acceptors (Lipinski definition) is 2. The van der Waals surface area contributed by atoms with Crippen molar-refractivity contribution in [3.63, 3.8) is 0 Å². The van der Waals surface area contributed by atoms with Crippen LogP contribution in [0, 0.1) is 13.8 Å². The molecule has 0 atom stereocenters. The van der Waals surface area contributed by atoms with Crippen molar-refractivity contribution in [2.24, 2.45) is 0 Å². The summed E-state index contributed by atoms with van der Waals surface area (Å²) in [6.45, 7) is 4.72. The summed E-state index contributed by atoms with van der Waals surface area (Å²) in [5, 5.41) is 8.31. The van der Waals surface area contributed by atoms with E-state index < -0.39 is 0 Å². The lowest BCUT2D eigenvalue weighted by Gasteiger charge is -2.09. The van der Waals surface area contributed by atoms with E-state index in [-0.39, 0.29) is 0 Å². The molecule has 0 aliphatic rings. The van der Waals surface area contributed by atoms with Gasteiger partial charge in [0.15, 0.2) is 0 Å². The molecule has 0 aliphatic carbocycles. The van der Waals surface area contributed by atoms with E-state index in [4.69, 9.17) is 11.6 Å². The Balaban J connectivity index is 2.48. The minimum atomic E-state index is 0.723. The maximum absolute atomic E-state index is 6.17. The van der Waals surface area contributed by atoms with E-state index >= 15 is 0 Å². The molecule has 0 saturated heterocycles. The van der Waals surface area contributed by atoms with Gasteiger partial charge in [0.2, 0.25) is 0 Å². The molecule has 0 aliphatic heterocycles. The zero-order valence-corrected chi connectivity index (χ0v) is 12.9. The summed E-state index contributed by atoms with van der Waals surface area (Å²) in [6, 6.07) is 6.23. The number of nitrogens with zero attached hydrogens (tertiary/aromatic N) is 2. The van der Waals surface area contributed by atoms with E-state index in [2.05, 4.69) is 38.5 Å². The third-order valence-corrected chi connectivity index (χ3v) is 4.01. The number of aryl methyl sites for hydroxylation is 1. The molecular weight excluding hydrogens is 314 g/mol. The summed E-state index contributed by atoms with van der Waals surface area (Å²) in [7, 11) is 1.93. The van der Waals surface area contributed by atoms with Gasteiger partial charge in [-0.2, -0.15) is 5.10 Å². The number of aromatic nitrogens is 2. The average Bonchev–Trinajstić information content (AvgIpc) is 2.58. The summed E-state index contributed by atoms with van der Waals surface area (Å²) in [5.74, 6) is 0. The average molecular weight is 329 g/mol. The van der Waals surface area contributed by atoms with Gasteiger partial charge in [-0.05, 0) is 54.5 Å². The van der Waals surface area contributed by atoms with Gasteiger partial charge in [-0.15, -0.1) is 0 Å².